The van der Waals surface area contributed by atoms with Crippen LogP contribution in [0, 0.1) is 0 Å². The van der Waals surface area contributed by atoms with Crippen LogP contribution < -0.4 is 10.6 Å². The standard InChI is InChI=1S/C7H14N2O/c1-2-10-7-3-6(4-8-1)9-5-7/h6-9H,1-5H2. The lowest BCUT2D eigenvalue weighted by atomic mass is 10.2. The van der Waals surface area contributed by atoms with Gasteiger partial charge in [-0.05, 0) is 6.42 Å². The fraction of sp³-hybridized carbons (Fsp3) is 1.00. The minimum absolute atomic E-state index is 0.493. The van der Waals surface area contributed by atoms with Gasteiger partial charge < -0.3 is 15.4 Å². The molecule has 3 heteroatoms. The molecule has 2 N–H and O–H groups in total. The molecule has 2 rings (SSSR count). The molecule has 0 radical (unpaired) electrons. The summed E-state index contributed by atoms with van der Waals surface area (Å²) in [5.41, 5.74) is 0. The highest BCUT2D eigenvalue weighted by atomic mass is 16.5. The van der Waals surface area contributed by atoms with Gasteiger partial charge in [0, 0.05) is 25.7 Å². The first-order valence-electron chi connectivity index (χ1n) is 4.01. The molecule has 3 nitrogen and oxygen atoms in total. The van der Waals surface area contributed by atoms with Gasteiger partial charge in [-0.1, -0.05) is 0 Å². The summed E-state index contributed by atoms with van der Waals surface area (Å²) in [5, 5.41) is 6.74. The van der Waals surface area contributed by atoms with Gasteiger partial charge in [-0.15, -0.1) is 0 Å². The van der Waals surface area contributed by atoms with Crippen LogP contribution in [0.2, 0.25) is 0 Å². The second-order valence-electron chi connectivity index (χ2n) is 3.04. The van der Waals surface area contributed by atoms with Crippen LogP contribution >= 0.6 is 0 Å². The summed E-state index contributed by atoms with van der Waals surface area (Å²) in [5.74, 6) is 0. The van der Waals surface area contributed by atoms with E-state index < -0.39 is 0 Å². The number of ether oxygens (including phenoxy) is 1. The van der Waals surface area contributed by atoms with E-state index in [4.69, 9.17) is 4.74 Å². The van der Waals surface area contributed by atoms with Crippen molar-refractivity contribution in [3.8, 4) is 0 Å². The molecule has 2 aliphatic heterocycles. The molecule has 10 heavy (non-hydrogen) atoms. The molecule has 0 aromatic heterocycles. The van der Waals surface area contributed by atoms with Gasteiger partial charge >= 0.3 is 0 Å². The van der Waals surface area contributed by atoms with Crippen molar-refractivity contribution in [2.75, 3.05) is 26.2 Å². The lowest BCUT2D eigenvalue weighted by molar-refractivity contribution is 0.0624. The Hall–Kier alpha value is -0.120. The minimum Gasteiger partial charge on any atom is -0.376 e. The Bertz CT molecular complexity index is 106. The van der Waals surface area contributed by atoms with Crippen molar-refractivity contribution < 1.29 is 4.74 Å². The van der Waals surface area contributed by atoms with E-state index >= 15 is 0 Å². The third-order valence-electron chi connectivity index (χ3n) is 2.20. The maximum atomic E-state index is 5.55. The average Bonchev–Trinajstić information content (AvgIpc) is 2.30. The Labute approximate surface area is 61.1 Å². The number of hydrogen-bond acceptors (Lipinski definition) is 3. The largest absolute Gasteiger partial charge is 0.376 e. The highest BCUT2D eigenvalue weighted by Crippen LogP contribution is 2.10. The van der Waals surface area contributed by atoms with Crippen molar-refractivity contribution in [1.82, 2.24) is 10.6 Å². The smallest absolute Gasteiger partial charge is 0.0715 e. The molecule has 0 aromatic carbocycles. The maximum Gasteiger partial charge on any atom is 0.0715 e. The Balaban J connectivity index is 1.91. The summed E-state index contributed by atoms with van der Waals surface area (Å²) < 4.78 is 5.55. The van der Waals surface area contributed by atoms with E-state index in [2.05, 4.69) is 10.6 Å². The summed E-state index contributed by atoms with van der Waals surface area (Å²) >= 11 is 0. The Morgan fingerprint density at radius 1 is 1.30 bits per heavy atom. The van der Waals surface area contributed by atoms with E-state index in [-0.39, 0.29) is 0 Å². The third kappa shape index (κ3) is 1.31. The molecule has 2 bridgehead atoms. The number of hydrogen-bond donors (Lipinski definition) is 2. The molecule has 2 saturated heterocycles. The highest BCUT2D eigenvalue weighted by Gasteiger charge is 2.25. The SMILES string of the molecule is C1COC2CNC(CN1)C2. The molecule has 0 saturated carbocycles. The summed E-state index contributed by atoms with van der Waals surface area (Å²) in [6.45, 7) is 4.04. The van der Waals surface area contributed by atoms with Gasteiger partial charge in [-0.2, -0.15) is 0 Å². The zero-order valence-corrected chi connectivity index (χ0v) is 6.10. The fourth-order valence-corrected chi connectivity index (χ4v) is 1.64. The summed E-state index contributed by atoms with van der Waals surface area (Å²) in [6.07, 6.45) is 1.68. The van der Waals surface area contributed by atoms with Crippen LogP contribution in [0.3, 0.4) is 0 Å². The molecule has 0 aliphatic carbocycles. The van der Waals surface area contributed by atoms with E-state index in [0.29, 0.717) is 12.1 Å². The van der Waals surface area contributed by atoms with Gasteiger partial charge in [0.25, 0.3) is 0 Å². The Kier molecular flexibility index (Phi) is 1.88. The molecule has 58 valence electrons. The van der Waals surface area contributed by atoms with Crippen LogP contribution in [0.25, 0.3) is 0 Å². The lowest BCUT2D eigenvalue weighted by Crippen LogP contribution is -2.36. The maximum absolute atomic E-state index is 5.55. The highest BCUT2D eigenvalue weighted by molar-refractivity contribution is 4.84. The fourth-order valence-electron chi connectivity index (χ4n) is 1.64. The van der Waals surface area contributed by atoms with E-state index in [1.54, 1.807) is 0 Å². The Morgan fingerprint density at radius 3 is 3.30 bits per heavy atom. The van der Waals surface area contributed by atoms with E-state index in [9.17, 15) is 0 Å². The number of nitrogens with one attached hydrogen (secondary N) is 2. The van der Waals surface area contributed by atoms with Crippen molar-refractivity contribution in [3.05, 3.63) is 0 Å². The molecule has 2 unspecified atom stereocenters. The first kappa shape index (κ1) is 6.58. The van der Waals surface area contributed by atoms with Crippen LogP contribution in [0.15, 0.2) is 0 Å². The van der Waals surface area contributed by atoms with Gasteiger partial charge in [0.1, 0.15) is 0 Å². The molecule has 0 spiro atoms. The van der Waals surface area contributed by atoms with Crippen molar-refractivity contribution in [2.24, 2.45) is 0 Å². The minimum atomic E-state index is 0.493. The van der Waals surface area contributed by atoms with Crippen molar-refractivity contribution in [2.45, 2.75) is 18.6 Å². The Morgan fingerprint density at radius 2 is 2.30 bits per heavy atom. The van der Waals surface area contributed by atoms with Gasteiger partial charge in [0.2, 0.25) is 0 Å². The number of fused-ring (bicyclic) bond motifs is 2. The summed E-state index contributed by atoms with van der Waals surface area (Å²) in [6, 6.07) is 0.658. The second-order valence-corrected chi connectivity index (χ2v) is 3.04. The number of rotatable bonds is 0. The zero-order chi connectivity index (χ0) is 6.81. The van der Waals surface area contributed by atoms with Gasteiger partial charge in [-0.25, -0.2) is 0 Å². The summed E-state index contributed by atoms with van der Waals surface area (Å²) in [4.78, 5) is 0. The quantitative estimate of drug-likeness (QED) is 0.471. The molecular weight excluding hydrogens is 128 g/mol. The second kappa shape index (κ2) is 2.86. The molecule has 2 aliphatic rings. The van der Waals surface area contributed by atoms with Crippen molar-refractivity contribution in [1.29, 1.82) is 0 Å². The van der Waals surface area contributed by atoms with Crippen LogP contribution in [-0.2, 0) is 4.74 Å². The van der Waals surface area contributed by atoms with Gasteiger partial charge in [0.05, 0.1) is 12.7 Å². The molecule has 2 atom stereocenters. The monoisotopic (exact) mass is 142 g/mol. The predicted octanol–water partition coefficient (Wildman–Crippen LogP) is -0.663. The third-order valence-corrected chi connectivity index (χ3v) is 2.20. The van der Waals surface area contributed by atoms with Crippen LogP contribution in [0.4, 0.5) is 0 Å². The summed E-state index contributed by atoms with van der Waals surface area (Å²) in [7, 11) is 0. The van der Waals surface area contributed by atoms with E-state index in [1.807, 2.05) is 0 Å². The zero-order valence-electron chi connectivity index (χ0n) is 6.10. The lowest BCUT2D eigenvalue weighted by Gasteiger charge is -2.16. The van der Waals surface area contributed by atoms with Crippen LogP contribution in [0.5, 0.6) is 0 Å². The molecular formula is C7H14N2O. The predicted molar refractivity (Wildman–Crippen MR) is 39.0 cm³/mol. The first-order valence-corrected chi connectivity index (χ1v) is 4.01. The molecule has 2 heterocycles. The molecule has 2 fully saturated rings. The molecule has 0 aromatic rings. The normalized spacial score (nSPS) is 40.8. The topological polar surface area (TPSA) is 33.3 Å². The first-order chi connectivity index (χ1) is 4.95. The average molecular weight is 142 g/mol. The van der Waals surface area contributed by atoms with E-state index in [1.165, 1.54) is 6.42 Å². The molecule has 0 amide bonds. The van der Waals surface area contributed by atoms with E-state index in [0.717, 1.165) is 26.2 Å². The van der Waals surface area contributed by atoms with Crippen LogP contribution in [0.1, 0.15) is 6.42 Å². The van der Waals surface area contributed by atoms with Crippen LogP contribution in [-0.4, -0.2) is 38.4 Å². The van der Waals surface area contributed by atoms with Gasteiger partial charge in [0.15, 0.2) is 0 Å². The van der Waals surface area contributed by atoms with Crippen molar-refractivity contribution >= 4 is 0 Å². The van der Waals surface area contributed by atoms with Crippen molar-refractivity contribution in [3.63, 3.8) is 0 Å². The van der Waals surface area contributed by atoms with Gasteiger partial charge in [-0.3, -0.25) is 0 Å².